The molecule has 5 heteroatoms. The molecule has 3 aromatic rings. The van der Waals surface area contributed by atoms with Crippen molar-refractivity contribution in [3.63, 3.8) is 0 Å². The second-order valence-electron chi connectivity index (χ2n) is 4.65. The number of benzene rings is 1. The standard InChI is InChI=1S/C15H14N4O/c1-10-8-11(2)19-14(17-10)13(9-16-19)18-15(20)12-6-4-3-5-7-12/h3-9H,1-2H3,(H,18,20). The van der Waals surface area contributed by atoms with Gasteiger partial charge in [-0.1, -0.05) is 18.2 Å². The van der Waals surface area contributed by atoms with E-state index in [1.54, 1.807) is 22.8 Å². The van der Waals surface area contributed by atoms with Crippen molar-refractivity contribution in [1.29, 1.82) is 0 Å². The molecular formula is C15H14N4O. The van der Waals surface area contributed by atoms with E-state index in [4.69, 9.17) is 0 Å². The van der Waals surface area contributed by atoms with E-state index in [-0.39, 0.29) is 5.91 Å². The normalized spacial score (nSPS) is 10.7. The van der Waals surface area contributed by atoms with Crippen LogP contribution in [0.5, 0.6) is 0 Å². The Morgan fingerprint density at radius 2 is 1.95 bits per heavy atom. The highest BCUT2D eigenvalue weighted by molar-refractivity contribution is 6.05. The minimum Gasteiger partial charge on any atom is -0.317 e. The molecule has 0 radical (unpaired) electrons. The molecule has 1 amide bonds. The summed E-state index contributed by atoms with van der Waals surface area (Å²) >= 11 is 0. The van der Waals surface area contributed by atoms with Gasteiger partial charge in [-0.2, -0.15) is 5.10 Å². The zero-order valence-electron chi connectivity index (χ0n) is 11.3. The molecule has 0 aliphatic heterocycles. The lowest BCUT2D eigenvalue weighted by Crippen LogP contribution is -2.11. The zero-order valence-corrected chi connectivity index (χ0v) is 11.3. The molecule has 5 nitrogen and oxygen atoms in total. The van der Waals surface area contributed by atoms with Gasteiger partial charge in [-0.05, 0) is 32.0 Å². The average Bonchev–Trinajstić information content (AvgIpc) is 2.83. The molecule has 1 N–H and O–H groups in total. The first-order valence-electron chi connectivity index (χ1n) is 6.33. The molecule has 0 spiro atoms. The molecule has 1 aromatic carbocycles. The van der Waals surface area contributed by atoms with Crippen molar-refractivity contribution in [3.05, 3.63) is 59.5 Å². The minimum absolute atomic E-state index is 0.165. The van der Waals surface area contributed by atoms with Crippen LogP contribution in [0, 0.1) is 13.8 Å². The van der Waals surface area contributed by atoms with Crippen molar-refractivity contribution in [3.8, 4) is 0 Å². The van der Waals surface area contributed by atoms with Gasteiger partial charge in [0, 0.05) is 17.0 Å². The Labute approximate surface area is 116 Å². The van der Waals surface area contributed by atoms with E-state index in [1.807, 2.05) is 38.1 Å². The number of nitrogens with one attached hydrogen (secondary N) is 1. The van der Waals surface area contributed by atoms with Crippen molar-refractivity contribution < 1.29 is 4.79 Å². The molecule has 0 saturated carbocycles. The van der Waals surface area contributed by atoms with E-state index >= 15 is 0 Å². The lowest BCUT2D eigenvalue weighted by molar-refractivity contribution is 0.102. The number of hydrogen-bond acceptors (Lipinski definition) is 3. The number of fused-ring (bicyclic) bond motifs is 1. The van der Waals surface area contributed by atoms with Crippen LogP contribution in [-0.2, 0) is 0 Å². The highest BCUT2D eigenvalue weighted by Crippen LogP contribution is 2.17. The van der Waals surface area contributed by atoms with Gasteiger partial charge in [0.15, 0.2) is 5.65 Å². The molecule has 2 aromatic heterocycles. The van der Waals surface area contributed by atoms with Gasteiger partial charge in [0.1, 0.15) is 5.69 Å². The van der Waals surface area contributed by atoms with E-state index in [0.717, 1.165) is 11.4 Å². The minimum atomic E-state index is -0.165. The maximum Gasteiger partial charge on any atom is 0.255 e. The third-order valence-corrected chi connectivity index (χ3v) is 3.06. The average molecular weight is 266 g/mol. The number of anilines is 1. The first-order chi connectivity index (χ1) is 9.65. The summed E-state index contributed by atoms with van der Waals surface area (Å²) in [5, 5.41) is 7.10. The van der Waals surface area contributed by atoms with Gasteiger partial charge in [-0.25, -0.2) is 9.50 Å². The molecule has 100 valence electrons. The molecule has 3 rings (SSSR count). The van der Waals surface area contributed by atoms with Gasteiger partial charge in [0.05, 0.1) is 6.20 Å². The number of amides is 1. The Hall–Kier alpha value is -2.69. The third kappa shape index (κ3) is 2.14. The van der Waals surface area contributed by atoms with E-state index < -0.39 is 0 Å². The Morgan fingerprint density at radius 3 is 2.70 bits per heavy atom. The van der Waals surface area contributed by atoms with Crippen LogP contribution in [0.25, 0.3) is 5.65 Å². The van der Waals surface area contributed by atoms with E-state index in [0.29, 0.717) is 16.9 Å². The van der Waals surface area contributed by atoms with Gasteiger partial charge in [0.25, 0.3) is 5.91 Å². The van der Waals surface area contributed by atoms with Crippen molar-refractivity contribution >= 4 is 17.2 Å². The Balaban J connectivity index is 1.98. The van der Waals surface area contributed by atoms with Crippen molar-refractivity contribution in [2.24, 2.45) is 0 Å². The quantitative estimate of drug-likeness (QED) is 0.775. The molecule has 0 aliphatic carbocycles. The number of hydrogen-bond donors (Lipinski definition) is 1. The van der Waals surface area contributed by atoms with E-state index in [1.165, 1.54) is 0 Å². The maximum absolute atomic E-state index is 12.1. The SMILES string of the molecule is Cc1cc(C)n2ncc(NC(=O)c3ccccc3)c2n1. The first kappa shape index (κ1) is 12.3. The predicted molar refractivity (Wildman–Crippen MR) is 76.9 cm³/mol. The molecule has 0 unspecified atom stereocenters. The predicted octanol–water partition coefficient (Wildman–Crippen LogP) is 2.60. The number of nitrogens with zero attached hydrogens (tertiary/aromatic N) is 3. The number of rotatable bonds is 2. The Bertz CT molecular complexity index is 777. The monoisotopic (exact) mass is 266 g/mol. The van der Waals surface area contributed by atoms with Crippen LogP contribution in [-0.4, -0.2) is 20.5 Å². The van der Waals surface area contributed by atoms with Crippen LogP contribution in [0.1, 0.15) is 21.7 Å². The second kappa shape index (κ2) is 4.77. The molecule has 0 bridgehead atoms. The summed E-state index contributed by atoms with van der Waals surface area (Å²) in [5.74, 6) is -0.165. The highest BCUT2D eigenvalue weighted by Gasteiger charge is 2.12. The summed E-state index contributed by atoms with van der Waals surface area (Å²) in [6, 6.07) is 11.0. The lowest BCUT2D eigenvalue weighted by Gasteiger charge is -2.04. The first-order valence-corrected chi connectivity index (χ1v) is 6.33. The van der Waals surface area contributed by atoms with Gasteiger partial charge in [0.2, 0.25) is 0 Å². The van der Waals surface area contributed by atoms with Gasteiger partial charge < -0.3 is 5.32 Å². The largest absolute Gasteiger partial charge is 0.317 e. The zero-order chi connectivity index (χ0) is 14.1. The van der Waals surface area contributed by atoms with Crippen LogP contribution < -0.4 is 5.32 Å². The highest BCUT2D eigenvalue weighted by atomic mass is 16.1. The van der Waals surface area contributed by atoms with Crippen LogP contribution in [0.15, 0.2) is 42.6 Å². The number of aromatic nitrogens is 3. The lowest BCUT2D eigenvalue weighted by atomic mass is 10.2. The summed E-state index contributed by atoms with van der Waals surface area (Å²) in [6.45, 7) is 3.88. The summed E-state index contributed by atoms with van der Waals surface area (Å²) in [4.78, 5) is 16.6. The molecule has 0 atom stereocenters. The van der Waals surface area contributed by atoms with Crippen molar-refractivity contribution in [1.82, 2.24) is 14.6 Å². The summed E-state index contributed by atoms with van der Waals surface area (Å²) in [7, 11) is 0. The fourth-order valence-corrected chi connectivity index (χ4v) is 2.14. The van der Waals surface area contributed by atoms with E-state index in [2.05, 4.69) is 15.4 Å². The molecular weight excluding hydrogens is 252 g/mol. The summed E-state index contributed by atoms with van der Waals surface area (Å²) < 4.78 is 1.72. The third-order valence-electron chi connectivity index (χ3n) is 3.06. The second-order valence-corrected chi connectivity index (χ2v) is 4.65. The van der Waals surface area contributed by atoms with Gasteiger partial charge >= 0.3 is 0 Å². The molecule has 0 saturated heterocycles. The van der Waals surface area contributed by atoms with Gasteiger partial charge in [-0.3, -0.25) is 4.79 Å². The number of carbonyl (C=O) groups is 1. The Morgan fingerprint density at radius 1 is 1.20 bits per heavy atom. The summed E-state index contributed by atoms with van der Waals surface area (Å²) in [5.41, 5.74) is 3.76. The fourth-order valence-electron chi connectivity index (χ4n) is 2.14. The van der Waals surface area contributed by atoms with Crippen molar-refractivity contribution in [2.45, 2.75) is 13.8 Å². The topological polar surface area (TPSA) is 59.3 Å². The van der Waals surface area contributed by atoms with E-state index in [9.17, 15) is 4.79 Å². The van der Waals surface area contributed by atoms with Crippen LogP contribution in [0.4, 0.5) is 5.69 Å². The molecule has 2 heterocycles. The smallest absolute Gasteiger partial charge is 0.255 e. The van der Waals surface area contributed by atoms with Crippen LogP contribution in [0.2, 0.25) is 0 Å². The summed E-state index contributed by atoms with van der Waals surface area (Å²) in [6.07, 6.45) is 1.62. The maximum atomic E-state index is 12.1. The molecule has 0 aliphatic rings. The molecule has 20 heavy (non-hydrogen) atoms. The molecule has 0 fully saturated rings. The van der Waals surface area contributed by atoms with Crippen LogP contribution in [0.3, 0.4) is 0 Å². The van der Waals surface area contributed by atoms with Gasteiger partial charge in [-0.15, -0.1) is 0 Å². The number of aryl methyl sites for hydroxylation is 2. The Kier molecular flexibility index (Phi) is 2.95. The van der Waals surface area contributed by atoms with Crippen LogP contribution >= 0.6 is 0 Å². The van der Waals surface area contributed by atoms with Crippen molar-refractivity contribution in [2.75, 3.05) is 5.32 Å². The fraction of sp³-hybridized carbons (Fsp3) is 0.133. The number of carbonyl (C=O) groups excluding carboxylic acids is 1.